The number of ether oxygens (including phenoxy) is 3. The summed E-state index contributed by atoms with van der Waals surface area (Å²) >= 11 is 0. The highest BCUT2D eigenvalue weighted by molar-refractivity contribution is 6.01. The predicted octanol–water partition coefficient (Wildman–Crippen LogP) is 3.27. The van der Waals surface area contributed by atoms with E-state index in [2.05, 4.69) is 6.92 Å². The molecular weight excluding hydrogens is 452 g/mol. The molecule has 4 rings (SSSR count). The highest BCUT2D eigenvalue weighted by Crippen LogP contribution is 2.68. The van der Waals surface area contributed by atoms with Crippen molar-refractivity contribution in [2.45, 2.75) is 78.4 Å². The number of carbonyl (C=O) groups is 5. The molecule has 3 saturated carbocycles. The highest BCUT2D eigenvalue weighted by atomic mass is 16.6. The molecule has 0 heterocycles. The number of rotatable bonds is 5. The molecule has 0 amide bonds. The molecule has 8 heteroatoms. The molecule has 0 saturated heterocycles. The van der Waals surface area contributed by atoms with E-state index in [0.717, 1.165) is 18.4 Å². The van der Waals surface area contributed by atoms with Crippen molar-refractivity contribution in [3.63, 3.8) is 0 Å². The number of hydrogen-bond acceptors (Lipinski definition) is 8. The molecular formula is C27H34O8. The first-order valence-corrected chi connectivity index (χ1v) is 12.3. The lowest BCUT2D eigenvalue weighted by molar-refractivity contribution is -0.205. The van der Waals surface area contributed by atoms with E-state index in [0.29, 0.717) is 19.3 Å². The summed E-state index contributed by atoms with van der Waals surface area (Å²) in [6.45, 7) is 7.42. The third-order valence-electron chi connectivity index (χ3n) is 9.09. The molecule has 0 bridgehead atoms. The number of ketones is 2. The second-order valence-corrected chi connectivity index (χ2v) is 11.0. The molecule has 4 aliphatic carbocycles. The second-order valence-electron chi connectivity index (χ2n) is 11.0. The minimum absolute atomic E-state index is 0.0179. The first kappa shape index (κ1) is 25.3. The molecule has 0 aromatic rings. The monoisotopic (exact) mass is 486 g/mol. The molecule has 0 unspecified atom stereocenters. The van der Waals surface area contributed by atoms with Crippen LogP contribution in [-0.2, 0) is 38.2 Å². The van der Waals surface area contributed by atoms with E-state index in [-0.39, 0.29) is 23.5 Å². The predicted molar refractivity (Wildman–Crippen MR) is 124 cm³/mol. The molecule has 0 spiro atoms. The lowest BCUT2D eigenvalue weighted by Gasteiger charge is -2.60. The molecule has 0 aromatic carbocycles. The van der Waals surface area contributed by atoms with Crippen LogP contribution in [0.15, 0.2) is 23.8 Å². The van der Waals surface area contributed by atoms with Gasteiger partial charge in [-0.15, -0.1) is 0 Å². The van der Waals surface area contributed by atoms with Gasteiger partial charge in [0, 0.05) is 37.5 Å². The summed E-state index contributed by atoms with van der Waals surface area (Å²) in [5.41, 5.74) is -1.70. The number of fused-ring (bicyclic) bond motifs is 5. The fraction of sp³-hybridized carbons (Fsp3) is 0.667. The van der Waals surface area contributed by atoms with E-state index in [1.54, 1.807) is 12.2 Å². The zero-order chi connectivity index (χ0) is 25.8. The minimum atomic E-state index is -1.47. The molecule has 8 nitrogen and oxygen atoms in total. The van der Waals surface area contributed by atoms with Crippen molar-refractivity contribution in [3.05, 3.63) is 23.8 Å². The molecule has 0 radical (unpaired) electrons. The van der Waals surface area contributed by atoms with Crippen LogP contribution in [0.3, 0.4) is 0 Å². The molecule has 3 fully saturated rings. The van der Waals surface area contributed by atoms with Gasteiger partial charge in [-0.1, -0.05) is 25.5 Å². The summed E-state index contributed by atoms with van der Waals surface area (Å²) in [7, 11) is 0. The summed E-state index contributed by atoms with van der Waals surface area (Å²) in [6, 6.07) is 0. The van der Waals surface area contributed by atoms with Gasteiger partial charge in [0.05, 0.1) is 0 Å². The van der Waals surface area contributed by atoms with Gasteiger partial charge in [0.25, 0.3) is 0 Å². The van der Waals surface area contributed by atoms with Crippen molar-refractivity contribution in [2.75, 3.05) is 6.61 Å². The van der Waals surface area contributed by atoms with Crippen LogP contribution in [0, 0.1) is 28.6 Å². The van der Waals surface area contributed by atoms with E-state index in [1.807, 2.05) is 13.0 Å². The number of esters is 3. The zero-order valence-corrected chi connectivity index (χ0v) is 21.1. The van der Waals surface area contributed by atoms with Gasteiger partial charge in [0.15, 0.2) is 18.0 Å². The first-order valence-electron chi connectivity index (χ1n) is 12.3. The summed E-state index contributed by atoms with van der Waals surface area (Å²) < 4.78 is 16.8. The standard InChI is InChI=1S/C27H34O8/c1-15(28)33-14-23(32)27(35-17(3)30)11-9-21-20-7-6-18-12-19(31)8-10-25(18,4)24(20)22(34-16(2)29)13-26(21,27)5/h8,10,12,20-22,24H,6-7,9,11,13-14H2,1-5H3/t20-,21-,22-,24+,25+,26-,27-/m1/s1. The Morgan fingerprint density at radius 3 is 2.37 bits per heavy atom. The first-order chi connectivity index (χ1) is 16.3. The van der Waals surface area contributed by atoms with Crippen molar-refractivity contribution < 1.29 is 38.2 Å². The third kappa shape index (κ3) is 3.95. The quantitative estimate of drug-likeness (QED) is 0.430. The van der Waals surface area contributed by atoms with Crippen molar-refractivity contribution in [2.24, 2.45) is 28.6 Å². The molecule has 0 aromatic heterocycles. The summed E-state index contributed by atoms with van der Waals surface area (Å²) in [5, 5.41) is 0. The zero-order valence-electron chi connectivity index (χ0n) is 21.1. The van der Waals surface area contributed by atoms with Gasteiger partial charge in [-0.25, -0.2) is 0 Å². The lowest BCUT2D eigenvalue weighted by atomic mass is 9.46. The smallest absolute Gasteiger partial charge is 0.303 e. The van der Waals surface area contributed by atoms with E-state index < -0.39 is 52.8 Å². The van der Waals surface area contributed by atoms with Crippen molar-refractivity contribution in [3.8, 4) is 0 Å². The number of Topliss-reactive ketones (excluding diaryl/α,β-unsaturated/α-hetero) is 1. The van der Waals surface area contributed by atoms with E-state index >= 15 is 0 Å². The van der Waals surface area contributed by atoms with Crippen LogP contribution in [0.5, 0.6) is 0 Å². The number of hydrogen-bond donors (Lipinski definition) is 0. The van der Waals surface area contributed by atoms with Crippen LogP contribution in [0.25, 0.3) is 0 Å². The maximum Gasteiger partial charge on any atom is 0.303 e. The largest absolute Gasteiger partial charge is 0.462 e. The van der Waals surface area contributed by atoms with Crippen LogP contribution < -0.4 is 0 Å². The Bertz CT molecular complexity index is 1040. The Labute approximate surface area is 205 Å². The summed E-state index contributed by atoms with van der Waals surface area (Å²) in [4.78, 5) is 61.6. The normalized spacial score (nSPS) is 39.5. The maximum absolute atomic E-state index is 13.6. The Hall–Kier alpha value is -2.77. The van der Waals surface area contributed by atoms with Crippen LogP contribution in [0.4, 0.5) is 0 Å². The van der Waals surface area contributed by atoms with Crippen LogP contribution in [0.1, 0.15) is 66.7 Å². The molecule has 0 N–H and O–H groups in total. The third-order valence-corrected chi connectivity index (χ3v) is 9.09. The van der Waals surface area contributed by atoms with E-state index in [9.17, 15) is 24.0 Å². The fourth-order valence-corrected chi connectivity index (χ4v) is 7.81. The van der Waals surface area contributed by atoms with Crippen LogP contribution >= 0.6 is 0 Å². The average molecular weight is 487 g/mol. The topological polar surface area (TPSA) is 113 Å². The van der Waals surface area contributed by atoms with Gasteiger partial charge in [0.2, 0.25) is 5.78 Å². The van der Waals surface area contributed by atoms with Gasteiger partial charge in [-0.2, -0.15) is 0 Å². The fourth-order valence-electron chi connectivity index (χ4n) is 7.81. The van der Waals surface area contributed by atoms with Gasteiger partial charge < -0.3 is 14.2 Å². The van der Waals surface area contributed by atoms with Crippen molar-refractivity contribution in [1.82, 2.24) is 0 Å². The van der Waals surface area contributed by atoms with E-state index in [1.165, 1.54) is 20.8 Å². The summed E-state index contributed by atoms with van der Waals surface area (Å²) in [5.74, 6) is -2.05. The lowest BCUT2D eigenvalue weighted by Crippen LogP contribution is -2.63. The SMILES string of the molecule is CC(=O)OCC(=O)[C@]1(OC(C)=O)CC[C@@H]2[C@H]3CCC4=CC(=O)C=C[C@]4(C)[C@@H]3[C@H](OC(C)=O)C[C@]21C. The highest BCUT2D eigenvalue weighted by Gasteiger charge is 2.71. The Balaban J connectivity index is 1.80. The Morgan fingerprint density at radius 1 is 1.03 bits per heavy atom. The molecule has 190 valence electrons. The Kier molecular flexibility index (Phi) is 6.31. The van der Waals surface area contributed by atoms with E-state index in [4.69, 9.17) is 14.2 Å². The van der Waals surface area contributed by atoms with Crippen LogP contribution in [-0.4, -0.2) is 47.8 Å². The molecule has 35 heavy (non-hydrogen) atoms. The van der Waals surface area contributed by atoms with Gasteiger partial charge in [-0.05, 0) is 56.1 Å². The van der Waals surface area contributed by atoms with Crippen molar-refractivity contribution >= 4 is 29.5 Å². The van der Waals surface area contributed by atoms with Crippen LogP contribution in [0.2, 0.25) is 0 Å². The summed E-state index contributed by atoms with van der Waals surface area (Å²) in [6.07, 6.45) is 7.50. The number of allylic oxidation sites excluding steroid dienone is 4. The average Bonchev–Trinajstić information content (AvgIpc) is 3.04. The second kappa shape index (κ2) is 8.71. The molecule has 4 aliphatic rings. The Morgan fingerprint density at radius 2 is 1.74 bits per heavy atom. The van der Waals surface area contributed by atoms with Gasteiger partial charge >= 0.3 is 17.9 Å². The van der Waals surface area contributed by atoms with Gasteiger partial charge in [0.1, 0.15) is 6.10 Å². The van der Waals surface area contributed by atoms with Gasteiger partial charge in [-0.3, -0.25) is 24.0 Å². The minimum Gasteiger partial charge on any atom is -0.462 e. The maximum atomic E-state index is 13.6. The molecule has 7 atom stereocenters. The number of carbonyl (C=O) groups excluding carboxylic acids is 5. The molecule has 0 aliphatic heterocycles. The van der Waals surface area contributed by atoms with Crippen molar-refractivity contribution in [1.29, 1.82) is 0 Å².